The lowest BCUT2D eigenvalue weighted by Crippen LogP contribution is -2.49. The van der Waals surface area contributed by atoms with E-state index in [0.29, 0.717) is 17.1 Å². The van der Waals surface area contributed by atoms with Gasteiger partial charge in [0.25, 0.3) is 0 Å². The maximum atomic E-state index is 6.20. The van der Waals surface area contributed by atoms with Gasteiger partial charge in [-0.15, -0.1) is 0 Å². The molecule has 6 heteroatoms. The molecule has 0 radical (unpaired) electrons. The molecular formula is C15H19ClN4O. The Kier molecular flexibility index (Phi) is 3.36. The standard InChI is InChI=1S/C15H19ClN4O/c1-10-13-14(16)17-2-3-20(13)15(18-10)11-8-12(9-11)19-4-6-21-7-5-19/h2-3,11-12H,4-9H2,1H3. The quantitative estimate of drug-likeness (QED) is 0.853. The summed E-state index contributed by atoms with van der Waals surface area (Å²) in [5.74, 6) is 1.66. The fourth-order valence-corrected chi connectivity index (χ4v) is 3.81. The maximum Gasteiger partial charge on any atom is 0.154 e. The van der Waals surface area contributed by atoms with Crippen LogP contribution in [-0.2, 0) is 4.74 Å². The largest absolute Gasteiger partial charge is 0.379 e. The molecule has 0 bridgehead atoms. The summed E-state index contributed by atoms with van der Waals surface area (Å²) in [6, 6.07) is 0.684. The Hall–Kier alpha value is -1.17. The zero-order chi connectivity index (χ0) is 14.4. The molecule has 0 unspecified atom stereocenters. The lowest BCUT2D eigenvalue weighted by molar-refractivity contribution is -0.00779. The second-order valence-corrected chi connectivity index (χ2v) is 6.32. The van der Waals surface area contributed by atoms with Crippen molar-refractivity contribution in [3.63, 3.8) is 0 Å². The molecule has 2 aliphatic rings. The second-order valence-electron chi connectivity index (χ2n) is 5.96. The summed E-state index contributed by atoms with van der Waals surface area (Å²) in [4.78, 5) is 11.5. The van der Waals surface area contributed by atoms with Crippen LogP contribution in [0.25, 0.3) is 5.52 Å². The number of aryl methyl sites for hydroxylation is 1. The van der Waals surface area contributed by atoms with Crippen LogP contribution in [0.5, 0.6) is 0 Å². The monoisotopic (exact) mass is 306 g/mol. The summed E-state index contributed by atoms with van der Waals surface area (Å²) in [6.07, 6.45) is 6.08. The van der Waals surface area contributed by atoms with Gasteiger partial charge in [0.05, 0.1) is 18.9 Å². The first-order valence-corrected chi connectivity index (χ1v) is 7.92. The van der Waals surface area contributed by atoms with Crippen molar-refractivity contribution in [3.8, 4) is 0 Å². The molecule has 0 amide bonds. The molecule has 3 heterocycles. The molecule has 5 nitrogen and oxygen atoms in total. The van der Waals surface area contributed by atoms with E-state index in [-0.39, 0.29) is 0 Å². The van der Waals surface area contributed by atoms with Crippen molar-refractivity contribution in [2.75, 3.05) is 26.3 Å². The molecule has 1 saturated heterocycles. The van der Waals surface area contributed by atoms with Gasteiger partial charge in [0, 0.05) is 37.4 Å². The van der Waals surface area contributed by atoms with Crippen molar-refractivity contribution < 1.29 is 4.74 Å². The number of rotatable bonds is 2. The minimum atomic E-state index is 0.525. The van der Waals surface area contributed by atoms with E-state index in [2.05, 4.69) is 14.3 Å². The minimum Gasteiger partial charge on any atom is -0.379 e. The van der Waals surface area contributed by atoms with Crippen LogP contribution in [0, 0.1) is 6.92 Å². The van der Waals surface area contributed by atoms with Crippen LogP contribution in [0.2, 0.25) is 5.15 Å². The molecule has 0 spiro atoms. The van der Waals surface area contributed by atoms with Crippen LogP contribution in [0.4, 0.5) is 0 Å². The number of aromatic nitrogens is 3. The van der Waals surface area contributed by atoms with Gasteiger partial charge in [-0.05, 0) is 19.8 Å². The van der Waals surface area contributed by atoms with Crippen molar-refractivity contribution in [2.24, 2.45) is 0 Å². The van der Waals surface area contributed by atoms with E-state index in [1.165, 1.54) is 12.8 Å². The normalized spacial score (nSPS) is 27.0. The summed E-state index contributed by atoms with van der Waals surface area (Å²) in [6.45, 7) is 5.87. The molecule has 4 rings (SSSR count). The maximum absolute atomic E-state index is 6.20. The predicted molar refractivity (Wildman–Crippen MR) is 80.9 cm³/mol. The smallest absolute Gasteiger partial charge is 0.154 e. The third-order valence-electron chi connectivity index (χ3n) is 4.75. The Balaban J connectivity index is 1.55. The number of hydrogen-bond donors (Lipinski definition) is 0. The van der Waals surface area contributed by atoms with Gasteiger partial charge in [0.15, 0.2) is 5.15 Å². The summed E-state index contributed by atoms with van der Waals surface area (Å²) in [7, 11) is 0. The lowest BCUT2D eigenvalue weighted by atomic mass is 9.78. The number of nitrogens with zero attached hydrogens (tertiary/aromatic N) is 4. The minimum absolute atomic E-state index is 0.525. The van der Waals surface area contributed by atoms with Crippen molar-refractivity contribution in [2.45, 2.75) is 31.7 Å². The average Bonchev–Trinajstić information content (AvgIpc) is 2.77. The first-order chi connectivity index (χ1) is 10.2. The molecule has 2 aromatic rings. The fraction of sp³-hybridized carbons (Fsp3) is 0.600. The first-order valence-electron chi connectivity index (χ1n) is 7.55. The Bertz CT molecular complexity index is 659. The predicted octanol–water partition coefficient (Wildman–Crippen LogP) is 2.27. The SMILES string of the molecule is Cc1nc(C2CC(N3CCOCC3)C2)n2ccnc(Cl)c12. The molecule has 0 N–H and O–H groups in total. The third-order valence-corrected chi connectivity index (χ3v) is 5.03. The summed E-state index contributed by atoms with van der Waals surface area (Å²) < 4.78 is 7.54. The van der Waals surface area contributed by atoms with Crippen molar-refractivity contribution in [3.05, 3.63) is 29.1 Å². The van der Waals surface area contributed by atoms with Crippen molar-refractivity contribution in [1.29, 1.82) is 0 Å². The van der Waals surface area contributed by atoms with Gasteiger partial charge in [-0.25, -0.2) is 9.97 Å². The lowest BCUT2D eigenvalue weighted by Gasteiger charge is -2.43. The molecule has 1 saturated carbocycles. The van der Waals surface area contributed by atoms with Gasteiger partial charge in [0.1, 0.15) is 11.3 Å². The van der Waals surface area contributed by atoms with E-state index in [1.807, 2.05) is 13.1 Å². The Morgan fingerprint density at radius 3 is 2.81 bits per heavy atom. The molecule has 2 aromatic heterocycles. The second kappa shape index (κ2) is 5.23. The molecule has 0 aromatic carbocycles. The van der Waals surface area contributed by atoms with Crippen LogP contribution in [0.3, 0.4) is 0 Å². The van der Waals surface area contributed by atoms with Crippen LogP contribution in [0.15, 0.2) is 12.4 Å². The number of halogens is 1. The van der Waals surface area contributed by atoms with Crippen molar-refractivity contribution >= 4 is 17.1 Å². The van der Waals surface area contributed by atoms with E-state index < -0.39 is 0 Å². The van der Waals surface area contributed by atoms with Gasteiger partial charge in [-0.1, -0.05) is 11.6 Å². The number of imidazole rings is 1. The Morgan fingerprint density at radius 2 is 2.05 bits per heavy atom. The summed E-state index contributed by atoms with van der Waals surface area (Å²) in [5, 5.41) is 0.540. The number of fused-ring (bicyclic) bond motifs is 1. The van der Waals surface area contributed by atoms with E-state index in [4.69, 9.17) is 21.3 Å². The fourth-order valence-electron chi connectivity index (χ4n) is 3.52. The van der Waals surface area contributed by atoms with Crippen LogP contribution in [0.1, 0.15) is 30.3 Å². The first kappa shape index (κ1) is 13.5. The molecule has 1 aliphatic heterocycles. The highest BCUT2D eigenvalue weighted by molar-refractivity contribution is 6.32. The molecule has 0 atom stereocenters. The van der Waals surface area contributed by atoms with Gasteiger partial charge >= 0.3 is 0 Å². The van der Waals surface area contributed by atoms with Crippen LogP contribution in [-0.4, -0.2) is 51.6 Å². The summed E-state index contributed by atoms with van der Waals surface area (Å²) in [5.41, 5.74) is 1.92. The van der Waals surface area contributed by atoms with Crippen molar-refractivity contribution in [1.82, 2.24) is 19.3 Å². The van der Waals surface area contributed by atoms with Crippen LogP contribution >= 0.6 is 11.6 Å². The van der Waals surface area contributed by atoms with E-state index in [0.717, 1.165) is 43.3 Å². The molecule has 21 heavy (non-hydrogen) atoms. The molecule has 2 fully saturated rings. The highest BCUT2D eigenvalue weighted by Crippen LogP contribution is 2.40. The zero-order valence-electron chi connectivity index (χ0n) is 12.1. The number of hydrogen-bond acceptors (Lipinski definition) is 4. The van der Waals surface area contributed by atoms with Gasteiger partial charge in [-0.2, -0.15) is 0 Å². The molecule has 112 valence electrons. The number of morpholine rings is 1. The zero-order valence-corrected chi connectivity index (χ0v) is 12.9. The highest BCUT2D eigenvalue weighted by atomic mass is 35.5. The highest BCUT2D eigenvalue weighted by Gasteiger charge is 2.37. The Labute approximate surface area is 128 Å². The van der Waals surface area contributed by atoms with E-state index in [9.17, 15) is 0 Å². The van der Waals surface area contributed by atoms with E-state index >= 15 is 0 Å². The van der Waals surface area contributed by atoms with Crippen LogP contribution < -0.4 is 0 Å². The Morgan fingerprint density at radius 1 is 1.29 bits per heavy atom. The average molecular weight is 307 g/mol. The molecule has 1 aliphatic carbocycles. The van der Waals surface area contributed by atoms with Gasteiger partial charge in [-0.3, -0.25) is 9.30 Å². The van der Waals surface area contributed by atoms with E-state index in [1.54, 1.807) is 6.20 Å². The molecular weight excluding hydrogens is 288 g/mol. The third kappa shape index (κ3) is 2.24. The summed E-state index contributed by atoms with van der Waals surface area (Å²) >= 11 is 6.20. The number of ether oxygens (including phenoxy) is 1. The van der Waals surface area contributed by atoms with Gasteiger partial charge < -0.3 is 4.74 Å². The topological polar surface area (TPSA) is 42.7 Å². The van der Waals surface area contributed by atoms with Gasteiger partial charge in [0.2, 0.25) is 0 Å².